The number of nitrogens with zero attached hydrogens (tertiary/aromatic N) is 1. The smallest absolute Gasteiger partial charge is 0.262 e. The van der Waals surface area contributed by atoms with E-state index in [4.69, 9.17) is 4.74 Å². The van der Waals surface area contributed by atoms with Gasteiger partial charge in [0.1, 0.15) is 5.75 Å². The van der Waals surface area contributed by atoms with Crippen molar-refractivity contribution in [3.05, 3.63) is 54.1 Å². The van der Waals surface area contributed by atoms with Crippen molar-refractivity contribution in [2.24, 2.45) is 0 Å². The lowest BCUT2D eigenvalue weighted by molar-refractivity contribution is -0.118. The van der Waals surface area contributed by atoms with Gasteiger partial charge in [0.05, 0.1) is 11.4 Å². The molecule has 1 N–H and O–H groups in total. The second kappa shape index (κ2) is 8.04. The fourth-order valence-corrected chi connectivity index (χ4v) is 3.14. The first-order chi connectivity index (χ1) is 12.6. The number of hydrogen-bond acceptors (Lipinski definition) is 3. The molecule has 1 aliphatic rings. The van der Waals surface area contributed by atoms with E-state index in [0.29, 0.717) is 24.6 Å². The maximum atomic E-state index is 12.4. The maximum absolute atomic E-state index is 12.4. The van der Waals surface area contributed by atoms with Gasteiger partial charge in [-0.1, -0.05) is 44.2 Å². The van der Waals surface area contributed by atoms with E-state index in [1.165, 1.54) is 0 Å². The number of carbonyl (C=O) groups excluding carboxylic acids is 2. The number of amides is 2. The third-order valence-corrected chi connectivity index (χ3v) is 4.44. The predicted octanol–water partition coefficient (Wildman–Crippen LogP) is 3.95. The first kappa shape index (κ1) is 18.0. The van der Waals surface area contributed by atoms with Gasteiger partial charge in [0.15, 0.2) is 6.61 Å². The summed E-state index contributed by atoms with van der Waals surface area (Å²) in [7, 11) is 0. The SMILES string of the molecule is CC(C)c1ccccc1OCC(=O)Nc1ccccc1N1CCCC1=O. The molecule has 1 heterocycles. The van der Waals surface area contributed by atoms with Crippen molar-refractivity contribution in [3.8, 4) is 5.75 Å². The van der Waals surface area contributed by atoms with Gasteiger partial charge in [0, 0.05) is 13.0 Å². The third-order valence-electron chi connectivity index (χ3n) is 4.44. The molecule has 1 fully saturated rings. The van der Waals surface area contributed by atoms with Crippen LogP contribution in [0.25, 0.3) is 0 Å². The molecule has 0 aliphatic carbocycles. The zero-order chi connectivity index (χ0) is 18.5. The van der Waals surface area contributed by atoms with Crippen LogP contribution >= 0.6 is 0 Å². The first-order valence-corrected chi connectivity index (χ1v) is 8.97. The fraction of sp³-hybridized carbons (Fsp3) is 0.333. The number of carbonyl (C=O) groups is 2. The predicted molar refractivity (Wildman–Crippen MR) is 103 cm³/mol. The van der Waals surface area contributed by atoms with Crippen LogP contribution in [0.15, 0.2) is 48.5 Å². The molecule has 5 heteroatoms. The second-order valence-corrected chi connectivity index (χ2v) is 6.70. The van der Waals surface area contributed by atoms with E-state index in [9.17, 15) is 9.59 Å². The van der Waals surface area contributed by atoms with E-state index in [0.717, 1.165) is 23.4 Å². The van der Waals surface area contributed by atoms with Crippen molar-refractivity contribution in [1.29, 1.82) is 0 Å². The Morgan fingerprint density at radius 1 is 1.15 bits per heavy atom. The monoisotopic (exact) mass is 352 g/mol. The molecular weight excluding hydrogens is 328 g/mol. The van der Waals surface area contributed by atoms with E-state index < -0.39 is 0 Å². The minimum absolute atomic E-state index is 0.0774. The Morgan fingerprint density at radius 3 is 2.62 bits per heavy atom. The third kappa shape index (κ3) is 4.04. The van der Waals surface area contributed by atoms with Crippen LogP contribution < -0.4 is 15.0 Å². The Balaban J connectivity index is 1.67. The molecule has 0 saturated carbocycles. The fourth-order valence-electron chi connectivity index (χ4n) is 3.14. The van der Waals surface area contributed by atoms with Crippen LogP contribution in [0, 0.1) is 0 Å². The Hall–Kier alpha value is -2.82. The average molecular weight is 352 g/mol. The van der Waals surface area contributed by atoms with Gasteiger partial charge in [-0.3, -0.25) is 9.59 Å². The molecule has 1 saturated heterocycles. The molecular formula is C21H24N2O3. The van der Waals surface area contributed by atoms with E-state index in [1.807, 2.05) is 42.5 Å². The molecule has 0 bridgehead atoms. The number of nitrogens with one attached hydrogen (secondary N) is 1. The quantitative estimate of drug-likeness (QED) is 0.856. The molecule has 26 heavy (non-hydrogen) atoms. The maximum Gasteiger partial charge on any atom is 0.262 e. The van der Waals surface area contributed by atoms with Crippen LogP contribution in [0.5, 0.6) is 5.75 Å². The van der Waals surface area contributed by atoms with Crippen LogP contribution in [0.2, 0.25) is 0 Å². The van der Waals surface area contributed by atoms with Gasteiger partial charge in [-0.25, -0.2) is 0 Å². The largest absolute Gasteiger partial charge is 0.483 e. The van der Waals surface area contributed by atoms with Gasteiger partial charge in [-0.15, -0.1) is 0 Å². The number of ether oxygens (including phenoxy) is 1. The Morgan fingerprint density at radius 2 is 1.88 bits per heavy atom. The molecule has 0 radical (unpaired) electrons. The van der Waals surface area contributed by atoms with Crippen molar-refractivity contribution in [2.75, 3.05) is 23.4 Å². The summed E-state index contributed by atoms with van der Waals surface area (Å²) in [5, 5.41) is 2.87. The van der Waals surface area contributed by atoms with Gasteiger partial charge >= 0.3 is 0 Å². The Bertz CT molecular complexity index is 801. The zero-order valence-electron chi connectivity index (χ0n) is 15.2. The van der Waals surface area contributed by atoms with E-state index in [-0.39, 0.29) is 18.4 Å². The van der Waals surface area contributed by atoms with Gasteiger partial charge in [-0.05, 0) is 36.1 Å². The van der Waals surface area contributed by atoms with E-state index in [1.54, 1.807) is 11.0 Å². The summed E-state index contributed by atoms with van der Waals surface area (Å²) in [6, 6.07) is 15.1. The lowest BCUT2D eigenvalue weighted by Crippen LogP contribution is -2.27. The topological polar surface area (TPSA) is 58.6 Å². The molecule has 136 valence electrons. The van der Waals surface area contributed by atoms with Crippen LogP contribution in [0.1, 0.15) is 38.2 Å². The number of anilines is 2. The Labute approximate surface area is 154 Å². The van der Waals surface area contributed by atoms with Crippen molar-refractivity contribution in [3.63, 3.8) is 0 Å². The van der Waals surface area contributed by atoms with Gasteiger partial charge < -0.3 is 15.0 Å². The summed E-state index contributed by atoms with van der Waals surface area (Å²) in [4.78, 5) is 26.1. The average Bonchev–Trinajstić information content (AvgIpc) is 3.06. The van der Waals surface area contributed by atoms with E-state index in [2.05, 4.69) is 19.2 Å². The standard InChI is InChI=1S/C21H24N2O3/c1-15(2)16-8-3-6-11-19(16)26-14-20(24)22-17-9-4-5-10-18(17)23-13-7-12-21(23)25/h3-6,8-11,15H,7,12-14H2,1-2H3,(H,22,24). The van der Waals surface area contributed by atoms with Crippen molar-refractivity contribution < 1.29 is 14.3 Å². The summed E-state index contributed by atoms with van der Waals surface area (Å²) in [5.41, 5.74) is 2.45. The van der Waals surface area contributed by atoms with Crippen LogP contribution in [0.3, 0.4) is 0 Å². The number of hydrogen-bond donors (Lipinski definition) is 1. The number of para-hydroxylation sites is 3. The number of benzene rings is 2. The molecule has 0 unspecified atom stereocenters. The van der Waals surface area contributed by atoms with Crippen LogP contribution in [-0.2, 0) is 9.59 Å². The second-order valence-electron chi connectivity index (χ2n) is 6.70. The first-order valence-electron chi connectivity index (χ1n) is 8.97. The molecule has 2 aromatic carbocycles. The molecule has 5 nitrogen and oxygen atoms in total. The van der Waals surface area contributed by atoms with Crippen molar-refractivity contribution in [1.82, 2.24) is 0 Å². The molecule has 0 aromatic heterocycles. The van der Waals surface area contributed by atoms with Crippen molar-refractivity contribution >= 4 is 23.2 Å². The summed E-state index contributed by atoms with van der Waals surface area (Å²) in [5.74, 6) is 0.883. The lowest BCUT2D eigenvalue weighted by Gasteiger charge is -2.20. The summed E-state index contributed by atoms with van der Waals surface area (Å²) in [6.45, 7) is 4.78. The molecule has 0 atom stereocenters. The highest BCUT2D eigenvalue weighted by atomic mass is 16.5. The molecule has 1 aliphatic heterocycles. The minimum Gasteiger partial charge on any atom is -0.483 e. The summed E-state index contributed by atoms with van der Waals surface area (Å²) in [6.07, 6.45) is 1.40. The van der Waals surface area contributed by atoms with Crippen LogP contribution in [-0.4, -0.2) is 25.0 Å². The zero-order valence-corrected chi connectivity index (χ0v) is 15.2. The van der Waals surface area contributed by atoms with Gasteiger partial charge in [-0.2, -0.15) is 0 Å². The molecule has 2 aromatic rings. The van der Waals surface area contributed by atoms with Gasteiger partial charge in [0.25, 0.3) is 5.91 Å². The summed E-state index contributed by atoms with van der Waals surface area (Å²) >= 11 is 0. The molecule has 0 spiro atoms. The molecule has 3 rings (SSSR count). The highest BCUT2D eigenvalue weighted by Gasteiger charge is 2.24. The number of rotatable bonds is 6. The van der Waals surface area contributed by atoms with E-state index >= 15 is 0 Å². The highest BCUT2D eigenvalue weighted by Crippen LogP contribution is 2.29. The normalized spacial score (nSPS) is 14.0. The Kier molecular flexibility index (Phi) is 5.56. The van der Waals surface area contributed by atoms with Crippen LogP contribution in [0.4, 0.5) is 11.4 Å². The summed E-state index contributed by atoms with van der Waals surface area (Å²) < 4.78 is 5.73. The lowest BCUT2D eigenvalue weighted by atomic mass is 10.0. The highest BCUT2D eigenvalue weighted by molar-refractivity contribution is 6.02. The molecule has 2 amide bonds. The van der Waals surface area contributed by atoms with Crippen molar-refractivity contribution in [2.45, 2.75) is 32.6 Å². The minimum atomic E-state index is -0.248. The van der Waals surface area contributed by atoms with Gasteiger partial charge in [0.2, 0.25) is 5.91 Å².